The molecule has 1 aliphatic carbocycles. The molecule has 0 N–H and O–H groups in total. The van der Waals surface area contributed by atoms with Gasteiger partial charge in [0.2, 0.25) is 0 Å². The van der Waals surface area contributed by atoms with E-state index in [4.69, 9.17) is 26.1 Å². The number of hydrogen-bond donors (Lipinski definition) is 0. The number of esters is 1. The Kier molecular flexibility index (Phi) is 5.96. The van der Waals surface area contributed by atoms with E-state index in [9.17, 15) is 9.59 Å². The fourth-order valence-corrected chi connectivity index (χ4v) is 5.07. The van der Waals surface area contributed by atoms with Crippen LogP contribution >= 0.6 is 11.6 Å². The van der Waals surface area contributed by atoms with Crippen molar-refractivity contribution < 1.29 is 19.1 Å². The largest absolute Gasteiger partial charge is 0.496 e. The van der Waals surface area contributed by atoms with Crippen LogP contribution in [0.25, 0.3) is 0 Å². The Hall–Kier alpha value is -2.92. The highest BCUT2D eigenvalue weighted by molar-refractivity contribution is 6.31. The van der Waals surface area contributed by atoms with Gasteiger partial charge in [0.25, 0.3) is 0 Å². The molecular weight excluding hydrogens is 414 g/mol. The molecule has 1 unspecified atom stereocenters. The van der Waals surface area contributed by atoms with Crippen LogP contribution in [0.5, 0.6) is 5.75 Å². The Morgan fingerprint density at radius 2 is 1.71 bits per heavy atom. The molecule has 1 heterocycles. The highest BCUT2D eigenvalue weighted by Gasteiger charge is 2.45. The summed E-state index contributed by atoms with van der Waals surface area (Å²) in [5.41, 5.74) is 3.66. The molecule has 31 heavy (non-hydrogen) atoms. The van der Waals surface area contributed by atoms with Crippen molar-refractivity contribution in [2.24, 2.45) is 10.9 Å². The van der Waals surface area contributed by atoms with Crippen molar-refractivity contribution in [3.8, 4) is 5.75 Å². The van der Waals surface area contributed by atoms with Gasteiger partial charge in [0.15, 0.2) is 5.78 Å². The van der Waals surface area contributed by atoms with E-state index in [2.05, 4.69) is 0 Å². The van der Waals surface area contributed by atoms with Gasteiger partial charge < -0.3 is 9.47 Å². The Labute approximate surface area is 186 Å². The molecule has 0 bridgehead atoms. The lowest BCUT2D eigenvalue weighted by atomic mass is 9.69. The number of para-hydroxylation sites is 1. The second-order valence-corrected chi connectivity index (χ2v) is 8.29. The lowest BCUT2D eigenvalue weighted by molar-refractivity contribution is -0.143. The van der Waals surface area contributed by atoms with Gasteiger partial charge in [-0.15, -0.1) is 0 Å². The van der Waals surface area contributed by atoms with Crippen molar-refractivity contribution in [1.29, 1.82) is 0 Å². The van der Waals surface area contributed by atoms with Crippen molar-refractivity contribution in [2.45, 2.75) is 31.6 Å². The molecule has 2 aromatic carbocycles. The van der Waals surface area contributed by atoms with E-state index >= 15 is 0 Å². The minimum Gasteiger partial charge on any atom is -0.496 e. The molecular formula is C25H24ClNO4. The fourth-order valence-electron chi connectivity index (χ4n) is 4.78. The normalized spacial score (nSPS) is 23.2. The van der Waals surface area contributed by atoms with Crippen molar-refractivity contribution in [2.75, 3.05) is 14.2 Å². The zero-order valence-corrected chi connectivity index (χ0v) is 18.5. The van der Waals surface area contributed by atoms with E-state index in [1.165, 1.54) is 7.11 Å². The molecule has 4 rings (SSSR count). The summed E-state index contributed by atoms with van der Waals surface area (Å²) < 4.78 is 10.7. The van der Waals surface area contributed by atoms with Gasteiger partial charge in [0.05, 0.1) is 14.2 Å². The molecule has 160 valence electrons. The first-order chi connectivity index (χ1) is 15.0. The van der Waals surface area contributed by atoms with Crippen LogP contribution in [0, 0.1) is 5.92 Å². The second kappa shape index (κ2) is 8.67. The monoisotopic (exact) mass is 437 g/mol. The summed E-state index contributed by atoms with van der Waals surface area (Å²) in [6.45, 7) is 1.82. The van der Waals surface area contributed by atoms with Crippen LogP contribution in [-0.4, -0.2) is 31.7 Å². The number of allylic oxidation sites excluding steroid dienone is 2. The number of aliphatic imine (C=N–C) groups is 1. The second-order valence-electron chi connectivity index (χ2n) is 7.88. The maximum absolute atomic E-state index is 13.5. The predicted octanol–water partition coefficient (Wildman–Crippen LogP) is 5.10. The van der Waals surface area contributed by atoms with Crippen LogP contribution in [0.4, 0.5) is 0 Å². The Bertz CT molecular complexity index is 1100. The number of benzene rings is 2. The molecule has 0 fully saturated rings. The van der Waals surface area contributed by atoms with Crippen LogP contribution in [0.15, 0.2) is 64.8 Å². The van der Waals surface area contributed by atoms with Gasteiger partial charge in [-0.1, -0.05) is 48.0 Å². The third-order valence-corrected chi connectivity index (χ3v) is 6.51. The summed E-state index contributed by atoms with van der Waals surface area (Å²) in [5, 5.41) is 0.648. The first kappa shape index (κ1) is 21.3. The van der Waals surface area contributed by atoms with E-state index < -0.39 is 17.8 Å². The Morgan fingerprint density at radius 1 is 1.03 bits per heavy atom. The lowest BCUT2D eigenvalue weighted by Crippen LogP contribution is -2.38. The molecule has 0 amide bonds. The number of carbonyl (C=O) groups excluding carboxylic acids is 2. The number of ketones is 1. The van der Waals surface area contributed by atoms with Crippen molar-refractivity contribution >= 4 is 29.1 Å². The minimum absolute atomic E-state index is 0.0211. The zero-order valence-electron chi connectivity index (χ0n) is 17.7. The predicted molar refractivity (Wildman–Crippen MR) is 120 cm³/mol. The van der Waals surface area contributed by atoms with Crippen LogP contribution in [0.2, 0.25) is 5.02 Å². The summed E-state index contributed by atoms with van der Waals surface area (Å²) >= 11 is 6.42. The smallest absolute Gasteiger partial charge is 0.315 e. The van der Waals surface area contributed by atoms with Crippen molar-refractivity contribution in [3.05, 3.63) is 76.0 Å². The van der Waals surface area contributed by atoms with E-state index in [0.29, 0.717) is 34.9 Å². The third kappa shape index (κ3) is 3.79. The van der Waals surface area contributed by atoms with Gasteiger partial charge in [-0.3, -0.25) is 14.6 Å². The Morgan fingerprint density at radius 3 is 2.39 bits per heavy atom. The highest BCUT2D eigenvalue weighted by Crippen LogP contribution is 2.49. The van der Waals surface area contributed by atoms with Gasteiger partial charge in [-0.25, -0.2) is 0 Å². The summed E-state index contributed by atoms with van der Waals surface area (Å²) in [5.74, 6) is -1.04. The number of nitrogens with zero attached hydrogens (tertiary/aromatic N) is 1. The number of carbonyl (C=O) groups is 2. The quantitative estimate of drug-likeness (QED) is 0.624. The first-order valence-corrected chi connectivity index (χ1v) is 10.6. The van der Waals surface area contributed by atoms with Crippen LogP contribution < -0.4 is 4.74 Å². The fraction of sp³-hybridized carbons (Fsp3) is 0.320. The summed E-state index contributed by atoms with van der Waals surface area (Å²) in [4.78, 5) is 31.0. The molecule has 2 aliphatic rings. The molecule has 0 radical (unpaired) electrons. The van der Waals surface area contributed by atoms with Gasteiger partial charge in [0, 0.05) is 39.9 Å². The minimum atomic E-state index is -0.680. The molecule has 6 heteroatoms. The number of methoxy groups -OCH3 is 2. The number of hydrogen-bond acceptors (Lipinski definition) is 5. The highest BCUT2D eigenvalue weighted by atomic mass is 35.5. The summed E-state index contributed by atoms with van der Waals surface area (Å²) in [7, 11) is 2.94. The zero-order chi connectivity index (χ0) is 22.1. The van der Waals surface area contributed by atoms with Crippen LogP contribution in [0.1, 0.15) is 42.7 Å². The summed E-state index contributed by atoms with van der Waals surface area (Å²) in [6, 6.07) is 15.1. The molecule has 0 aromatic heterocycles. The summed E-state index contributed by atoms with van der Waals surface area (Å²) in [6.07, 6.45) is 0.901. The molecule has 0 saturated heterocycles. The lowest BCUT2D eigenvalue weighted by Gasteiger charge is -2.36. The average Bonchev–Trinajstić information content (AvgIpc) is 2.77. The van der Waals surface area contributed by atoms with E-state index in [0.717, 1.165) is 16.8 Å². The SMILES string of the molecule is COC(=O)C1C(C)=NC2=C(C(=O)C[C@@H](c3ccccc3Cl)C2)[C@H]1c1ccccc1OC. The van der Waals surface area contributed by atoms with Crippen molar-refractivity contribution in [1.82, 2.24) is 0 Å². The first-order valence-electron chi connectivity index (χ1n) is 10.2. The number of Topliss-reactive ketones (excluding diaryl/α,β-unsaturated/α-hetero) is 1. The molecule has 1 aliphatic heterocycles. The van der Waals surface area contributed by atoms with E-state index in [1.54, 1.807) is 7.11 Å². The molecule has 2 aromatic rings. The third-order valence-electron chi connectivity index (χ3n) is 6.16. The molecule has 3 atom stereocenters. The van der Waals surface area contributed by atoms with E-state index in [-0.39, 0.29) is 11.7 Å². The van der Waals surface area contributed by atoms with E-state index in [1.807, 2.05) is 55.5 Å². The molecule has 0 saturated carbocycles. The number of rotatable bonds is 4. The average molecular weight is 438 g/mol. The molecule has 0 spiro atoms. The van der Waals surface area contributed by atoms with Gasteiger partial charge in [0.1, 0.15) is 11.7 Å². The van der Waals surface area contributed by atoms with Crippen LogP contribution in [0.3, 0.4) is 0 Å². The maximum Gasteiger partial charge on any atom is 0.315 e. The standard InChI is InChI=1S/C25H24ClNO4/c1-14-22(25(29)31-3)23(17-9-5-7-11-21(17)30-2)24-19(27-14)12-15(13-20(24)28)16-8-4-6-10-18(16)26/h4-11,15,22-23H,12-13H2,1-3H3/t15-,22?,23-/m0/s1. The maximum atomic E-state index is 13.5. The number of halogens is 1. The molecule has 5 nitrogen and oxygen atoms in total. The van der Waals surface area contributed by atoms with Crippen LogP contribution in [-0.2, 0) is 14.3 Å². The Balaban J connectivity index is 1.86. The topological polar surface area (TPSA) is 65.0 Å². The van der Waals surface area contributed by atoms with Crippen molar-refractivity contribution in [3.63, 3.8) is 0 Å². The van der Waals surface area contributed by atoms with Gasteiger partial charge in [-0.05, 0) is 37.0 Å². The van der Waals surface area contributed by atoms with Gasteiger partial charge >= 0.3 is 5.97 Å². The number of ether oxygens (including phenoxy) is 2. The van der Waals surface area contributed by atoms with Gasteiger partial charge in [-0.2, -0.15) is 0 Å².